The molecule has 6 nitrogen and oxygen atoms in total. The van der Waals surface area contributed by atoms with Gasteiger partial charge in [-0.25, -0.2) is 0 Å². The molecule has 1 aliphatic heterocycles. The fourth-order valence-corrected chi connectivity index (χ4v) is 5.01. The molecular weight excluding hydrogens is 436 g/mol. The molecule has 1 saturated carbocycles. The molecule has 4 rings (SSSR count). The highest BCUT2D eigenvalue weighted by atomic mass is 32.1. The van der Waals surface area contributed by atoms with E-state index in [0.717, 1.165) is 54.7 Å². The topological polar surface area (TPSA) is 59.1 Å². The van der Waals surface area contributed by atoms with Crippen LogP contribution < -0.4 is 9.47 Å². The summed E-state index contributed by atoms with van der Waals surface area (Å²) in [6, 6.07) is 10.1. The SMILES string of the molecule is CCCCC(CC)C(=O)N(CC(=O)N(Cc1ccc2c(c1)OCO2)Cc1cccs1)C1CC1. The molecule has 2 aliphatic rings. The van der Waals surface area contributed by atoms with Crippen LogP contribution >= 0.6 is 11.3 Å². The van der Waals surface area contributed by atoms with E-state index in [2.05, 4.69) is 13.8 Å². The van der Waals surface area contributed by atoms with Crippen molar-refractivity contribution < 1.29 is 19.1 Å². The van der Waals surface area contributed by atoms with E-state index in [-0.39, 0.29) is 37.1 Å². The number of ether oxygens (including phenoxy) is 2. The van der Waals surface area contributed by atoms with Crippen LogP contribution in [-0.2, 0) is 22.7 Å². The maximum Gasteiger partial charge on any atom is 0.242 e. The molecule has 33 heavy (non-hydrogen) atoms. The lowest BCUT2D eigenvalue weighted by atomic mass is 9.97. The summed E-state index contributed by atoms with van der Waals surface area (Å²) in [5.74, 6) is 1.61. The second-order valence-corrected chi connectivity index (χ2v) is 9.99. The van der Waals surface area contributed by atoms with Gasteiger partial charge < -0.3 is 19.3 Å². The monoisotopic (exact) mass is 470 g/mol. The Labute approximate surface area is 200 Å². The summed E-state index contributed by atoms with van der Waals surface area (Å²) in [6.07, 6.45) is 5.85. The van der Waals surface area contributed by atoms with Crippen LogP contribution in [0.3, 0.4) is 0 Å². The fourth-order valence-electron chi connectivity index (χ4n) is 4.29. The van der Waals surface area contributed by atoms with E-state index < -0.39 is 0 Å². The summed E-state index contributed by atoms with van der Waals surface area (Å²) in [6.45, 7) is 5.61. The van der Waals surface area contributed by atoms with Crippen molar-refractivity contribution >= 4 is 23.2 Å². The van der Waals surface area contributed by atoms with Gasteiger partial charge in [-0.2, -0.15) is 0 Å². The summed E-state index contributed by atoms with van der Waals surface area (Å²) in [5, 5.41) is 2.03. The standard InChI is InChI=1S/C26H34N2O4S/c1-3-5-7-20(4-2)26(30)28(21-10-11-21)17-25(29)27(16-22-8-6-13-33-22)15-19-9-12-23-24(14-19)32-18-31-23/h6,8-9,12-14,20-21H,3-5,7,10-11,15-18H2,1-2H3. The molecule has 7 heteroatoms. The van der Waals surface area contributed by atoms with Gasteiger partial charge in [0.05, 0.1) is 6.54 Å². The molecule has 2 amide bonds. The highest BCUT2D eigenvalue weighted by Crippen LogP contribution is 2.33. The van der Waals surface area contributed by atoms with Crippen molar-refractivity contribution in [1.29, 1.82) is 0 Å². The van der Waals surface area contributed by atoms with Gasteiger partial charge in [-0.05, 0) is 54.8 Å². The van der Waals surface area contributed by atoms with Gasteiger partial charge in [0.25, 0.3) is 0 Å². The van der Waals surface area contributed by atoms with Gasteiger partial charge in [0, 0.05) is 23.4 Å². The first kappa shape index (κ1) is 23.6. The molecule has 1 unspecified atom stereocenters. The number of thiophene rings is 1. The molecule has 0 bridgehead atoms. The maximum absolute atomic E-state index is 13.6. The van der Waals surface area contributed by atoms with E-state index in [9.17, 15) is 9.59 Å². The highest BCUT2D eigenvalue weighted by molar-refractivity contribution is 7.09. The second kappa shape index (κ2) is 11.1. The minimum atomic E-state index is -0.00772. The van der Waals surface area contributed by atoms with Crippen molar-refractivity contribution in [2.24, 2.45) is 5.92 Å². The zero-order valence-electron chi connectivity index (χ0n) is 19.6. The Bertz CT molecular complexity index is 942. The van der Waals surface area contributed by atoms with E-state index in [1.165, 1.54) is 0 Å². The van der Waals surface area contributed by atoms with E-state index in [1.54, 1.807) is 11.3 Å². The van der Waals surface area contributed by atoms with E-state index in [1.807, 2.05) is 45.5 Å². The lowest BCUT2D eigenvalue weighted by Crippen LogP contribution is -2.45. The fraction of sp³-hybridized carbons (Fsp3) is 0.538. The van der Waals surface area contributed by atoms with E-state index in [4.69, 9.17) is 9.47 Å². The van der Waals surface area contributed by atoms with Crippen LogP contribution in [0.1, 0.15) is 62.8 Å². The molecule has 0 spiro atoms. The molecule has 178 valence electrons. The van der Waals surface area contributed by atoms with Gasteiger partial charge in [-0.15, -0.1) is 11.3 Å². The molecule has 0 N–H and O–H groups in total. The number of hydrogen-bond acceptors (Lipinski definition) is 5. The van der Waals surface area contributed by atoms with Crippen LogP contribution in [0, 0.1) is 5.92 Å². The molecule has 1 aromatic carbocycles. The maximum atomic E-state index is 13.6. The summed E-state index contributed by atoms with van der Waals surface area (Å²) >= 11 is 1.64. The van der Waals surface area contributed by atoms with Crippen LogP contribution in [0.5, 0.6) is 11.5 Å². The van der Waals surface area contributed by atoms with Crippen molar-refractivity contribution in [3.05, 3.63) is 46.2 Å². The zero-order valence-corrected chi connectivity index (χ0v) is 20.4. The smallest absolute Gasteiger partial charge is 0.242 e. The van der Waals surface area contributed by atoms with E-state index >= 15 is 0 Å². The molecule has 1 aliphatic carbocycles. The predicted octanol–water partition coefficient (Wildman–Crippen LogP) is 5.21. The number of unbranched alkanes of at least 4 members (excludes halogenated alkanes) is 1. The average Bonchev–Trinajstić information content (AvgIpc) is 3.32. The van der Waals surface area contributed by atoms with Crippen LogP contribution in [0.4, 0.5) is 0 Å². The Balaban J connectivity index is 1.49. The number of carbonyl (C=O) groups is 2. The van der Waals surface area contributed by atoms with Gasteiger partial charge in [-0.1, -0.05) is 38.8 Å². The van der Waals surface area contributed by atoms with Crippen molar-refractivity contribution in [3.8, 4) is 11.5 Å². The van der Waals surface area contributed by atoms with Crippen molar-refractivity contribution in [1.82, 2.24) is 9.80 Å². The number of nitrogens with zero attached hydrogens (tertiary/aromatic N) is 2. The quantitative estimate of drug-likeness (QED) is 0.427. The van der Waals surface area contributed by atoms with Gasteiger partial charge in [0.15, 0.2) is 11.5 Å². The molecule has 1 atom stereocenters. The Morgan fingerprint density at radius 3 is 2.64 bits per heavy atom. The summed E-state index contributed by atoms with van der Waals surface area (Å²) < 4.78 is 10.9. The summed E-state index contributed by atoms with van der Waals surface area (Å²) in [5.41, 5.74) is 0.989. The molecule has 0 radical (unpaired) electrons. The molecule has 1 fully saturated rings. The predicted molar refractivity (Wildman–Crippen MR) is 129 cm³/mol. The van der Waals surface area contributed by atoms with Gasteiger partial charge >= 0.3 is 0 Å². The number of carbonyl (C=O) groups excluding carboxylic acids is 2. The second-order valence-electron chi connectivity index (χ2n) is 8.96. The average molecular weight is 471 g/mol. The van der Waals surface area contributed by atoms with Gasteiger partial charge in [0.1, 0.15) is 6.54 Å². The van der Waals surface area contributed by atoms with Crippen molar-refractivity contribution in [2.75, 3.05) is 13.3 Å². The Morgan fingerprint density at radius 1 is 1.12 bits per heavy atom. The third kappa shape index (κ3) is 6.08. The molecule has 1 aromatic heterocycles. The first-order chi connectivity index (χ1) is 16.1. The lowest BCUT2D eigenvalue weighted by molar-refractivity contribution is -0.144. The Hall–Kier alpha value is -2.54. The number of benzene rings is 1. The number of hydrogen-bond donors (Lipinski definition) is 0. The Morgan fingerprint density at radius 2 is 1.94 bits per heavy atom. The van der Waals surface area contributed by atoms with E-state index in [0.29, 0.717) is 18.8 Å². The number of amides is 2. The Kier molecular flexibility index (Phi) is 7.91. The van der Waals surface area contributed by atoms with Crippen LogP contribution in [0.2, 0.25) is 0 Å². The van der Waals surface area contributed by atoms with Crippen LogP contribution in [0.25, 0.3) is 0 Å². The molecule has 0 saturated heterocycles. The number of rotatable bonds is 12. The normalized spacial score (nSPS) is 15.3. The highest BCUT2D eigenvalue weighted by Gasteiger charge is 2.37. The van der Waals surface area contributed by atoms with Crippen molar-refractivity contribution in [3.63, 3.8) is 0 Å². The van der Waals surface area contributed by atoms with Gasteiger partial charge in [0.2, 0.25) is 18.6 Å². The summed E-state index contributed by atoms with van der Waals surface area (Å²) in [7, 11) is 0. The molecule has 2 heterocycles. The minimum absolute atomic E-state index is 0.00772. The lowest BCUT2D eigenvalue weighted by Gasteiger charge is -2.30. The molecule has 2 aromatic rings. The van der Waals surface area contributed by atoms with Crippen molar-refractivity contribution in [2.45, 2.75) is 71.5 Å². The first-order valence-corrected chi connectivity index (χ1v) is 13.0. The van der Waals surface area contributed by atoms with Crippen LogP contribution in [-0.4, -0.2) is 41.0 Å². The number of fused-ring (bicyclic) bond motifs is 1. The third-order valence-corrected chi connectivity index (χ3v) is 7.28. The third-order valence-electron chi connectivity index (χ3n) is 6.41. The summed E-state index contributed by atoms with van der Waals surface area (Å²) in [4.78, 5) is 31.8. The van der Waals surface area contributed by atoms with Gasteiger partial charge in [-0.3, -0.25) is 9.59 Å². The van der Waals surface area contributed by atoms with Crippen LogP contribution in [0.15, 0.2) is 35.7 Å². The minimum Gasteiger partial charge on any atom is -0.454 e. The first-order valence-electron chi connectivity index (χ1n) is 12.1. The zero-order chi connectivity index (χ0) is 23.2. The molecular formula is C26H34N2O4S. The largest absolute Gasteiger partial charge is 0.454 e.